The van der Waals surface area contributed by atoms with Gasteiger partial charge in [0.15, 0.2) is 5.82 Å². The summed E-state index contributed by atoms with van der Waals surface area (Å²) in [6, 6.07) is 8.55. The van der Waals surface area contributed by atoms with Gasteiger partial charge < -0.3 is 19.9 Å². The van der Waals surface area contributed by atoms with Crippen molar-refractivity contribution >= 4 is 11.9 Å². The number of hydrogen-bond acceptors (Lipinski definition) is 6. The van der Waals surface area contributed by atoms with Gasteiger partial charge in [0.25, 0.3) is 0 Å². The molecule has 2 N–H and O–H groups in total. The lowest BCUT2D eigenvalue weighted by Crippen LogP contribution is -2.46. The first-order valence-electron chi connectivity index (χ1n) is 10.3. The molecule has 150 valence electrons. The summed E-state index contributed by atoms with van der Waals surface area (Å²) in [5, 5.41) is 23.3. The van der Waals surface area contributed by atoms with Crippen LogP contribution in [-0.2, 0) is 0 Å². The number of imidazole rings is 1. The first-order valence-corrected chi connectivity index (χ1v) is 10.3. The zero-order chi connectivity index (χ0) is 20.1. The third-order valence-corrected chi connectivity index (χ3v) is 6.23. The average molecular weight is 398 g/mol. The van der Waals surface area contributed by atoms with Crippen LogP contribution in [0.4, 0.5) is 5.82 Å². The van der Waals surface area contributed by atoms with Gasteiger partial charge in [0.1, 0.15) is 5.75 Å². The van der Waals surface area contributed by atoms with Crippen LogP contribution in [0.3, 0.4) is 0 Å². The van der Waals surface area contributed by atoms with Crippen molar-refractivity contribution in [3.63, 3.8) is 0 Å². The van der Waals surface area contributed by atoms with E-state index in [0.717, 1.165) is 42.9 Å². The first kappa shape index (κ1) is 17.3. The van der Waals surface area contributed by atoms with Gasteiger partial charge in [-0.05, 0) is 31.0 Å². The van der Waals surface area contributed by atoms with Crippen LogP contribution in [0.2, 0.25) is 0 Å². The van der Waals surface area contributed by atoms with Gasteiger partial charge in [0.05, 0.1) is 17.7 Å². The molecule has 3 aliphatic rings. The van der Waals surface area contributed by atoms with E-state index in [1.165, 1.54) is 5.70 Å². The molecule has 30 heavy (non-hydrogen) atoms. The van der Waals surface area contributed by atoms with E-state index in [-0.39, 0.29) is 5.75 Å². The highest BCUT2D eigenvalue weighted by molar-refractivity contribution is 5.75. The molecule has 5 heterocycles. The maximum atomic E-state index is 10.6. The number of anilines is 1. The molecule has 1 aromatic carbocycles. The van der Waals surface area contributed by atoms with Gasteiger partial charge in [-0.1, -0.05) is 18.2 Å². The number of aromatic hydroxyl groups is 1. The summed E-state index contributed by atoms with van der Waals surface area (Å²) in [5.41, 5.74) is 4.59. The van der Waals surface area contributed by atoms with Gasteiger partial charge in [-0.25, -0.2) is 4.98 Å². The Bertz CT molecular complexity index is 1170. The van der Waals surface area contributed by atoms with Gasteiger partial charge in [-0.3, -0.25) is 0 Å². The van der Waals surface area contributed by atoms with Gasteiger partial charge >= 0.3 is 0 Å². The lowest BCUT2D eigenvalue weighted by molar-refractivity contribution is 0.417. The van der Waals surface area contributed by atoms with Gasteiger partial charge in [-0.2, -0.15) is 0 Å². The maximum Gasteiger partial charge on any atom is 0.159 e. The highest BCUT2D eigenvalue weighted by Gasteiger charge is 2.33. The van der Waals surface area contributed by atoms with Crippen molar-refractivity contribution in [3.8, 4) is 22.7 Å². The number of rotatable bonds is 3. The molecule has 1 fully saturated rings. The fourth-order valence-corrected chi connectivity index (χ4v) is 4.75. The second kappa shape index (κ2) is 6.73. The number of piperidine rings is 1. The van der Waals surface area contributed by atoms with Crippen molar-refractivity contribution in [2.24, 2.45) is 0 Å². The molecule has 3 aliphatic heterocycles. The third kappa shape index (κ3) is 2.85. The van der Waals surface area contributed by atoms with Crippen LogP contribution in [0, 0.1) is 0 Å². The second-order valence-electron chi connectivity index (χ2n) is 8.13. The number of phenols is 1. The van der Waals surface area contributed by atoms with Gasteiger partial charge in [-0.15, -0.1) is 10.2 Å². The molecule has 6 rings (SSSR count). The summed E-state index contributed by atoms with van der Waals surface area (Å²) in [4.78, 5) is 6.43. The van der Waals surface area contributed by atoms with E-state index in [9.17, 15) is 5.11 Å². The van der Waals surface area contributed by atoms with E-state index in [1.807, 2.05) is 29.0 Å². The molecule has 2 aromatic heterocycles. The van der Waals surface area contributed by atoms with Crippen molar-refractivity contribution in [3.05, 3.63) is 66.4 Å². The van der Waals surface area contributed by atoms with Crippen molar-refractivity contribution in [2.75, 3.05) is 11.4 Å². The Morgan fingerprint density at radius 3 is 2.97 bits per heavy atom. The summed E-state index contributed by atoms with van der Waals surface area (Å²) >= 11 is 0. The molecular weight excluding hydrogens is 376 g/mol. The normalized spacial score (nSPS) is 21.9. The van der Waals surface area contributed by atoms with Crippen LogP contribution in [-0.4, -0.2) is 43.5 Å². The number of nitrogens with zero attached hydrogens (tertiary/aromatic N) is 5. The van der Waals surface area contributed by atoms with Crippen LogP contribution < -0.4 is 10.2 Å². The highest BCUT2D eigenvalue weighted by atomic mass is 16.3. The van der Waals surface area contributed by atoms with E-state index in [2.05, 4.69) is 43.6 Å². The fraction of sp³-hybridized carbons (Fsp3) is 0.261. The molecular formula is C23H22N6O. The summed E-state index contributed by atoms with van der Waals surface area (Å²) in [6.45, 7) is 0.858. The van der Waals surface area contributed by atoms with Crippen LogP contribution in [0.5, 0.6) is 5.75 Å². The van der Waals surface area contributed by atoms with Crippen LogP contribution >= 0.6 is 0 Å². The molecule has 2 atom stereocenters. The van der Waals surface area contributed by atoms with E-state index in [1.54, 1.807) is 18.6 Å². The number of hydrogen-bond donors (Lipinski definition) is 2. The average Bonchev–Trinajstić information content (AvgIpc) is 3.42. The molecule has 1 saturated heterocycles. The Labute approximate surface area is 174 Å². The van der Waals surface area contributed by atoms with Gasteiger partial charge in [0.2, 0.25) is 0 Å². The monoisotopic (exact) mass is 398 g/mol. The zero-order valence-electron chi connectivity index (χ0n) is 16.4. The molecule has 7 heteroatoms. The van der Waals surface area contributed by atoms with Gasteiger partial charge in [0, 0.05) is 60.3 Å². The third-order valence-electron chi connectivity index (χ3n) is 6.23. The Morgan fingerprint density at radius 1 is 1.17 bits per heavy atom. The summed E-state index contributed by atoms with van der Waals surface area (Å²) in [7, 11) is 0. The molecule has 0 aliphatic carbocycles. The van der Waals surface area contributed by atoms with Crippen molar-refractivity contribution in [1.82, 2.24) is 25.1 Å². The summed E-state index contributed by atoms with van der Waals surface area (Å²) in [5.74, 6) is 1.11. The van der Waals surface area contributed by atoms with Crippen molar-refractivity contribution < 1.29 is 5.11 Å². The molecule has 0 radical (unpaired) electrons. The van der Waals surface area contributed by atoms with Crippen molar-refractivity contribution in [1.29, 1.82) is 0 Å². The predicted molar refractivity (Wildman–Crippen MR) is 115 cm³/mol. The van der Waals surface area contributed by atoms with E-state index >= 15 is 0 Å². The lowest BCUT2D eigenvalue weighted by Gasteiger charge is -2.38. The molecule has 0 saturated carbocycles. The number of aromatic nitrogens is 4. The first-order chi connectivity index (χ1) is 14.7. The number of phenolic OH excluding ortho intramolecular Hbond substituents is 1. The second-order valence-corrected chi connectivity index (χ2v) is 8.13. The quantitative estimate of drug-likeness (QED) is 0.705. The van der Waals surface area contributed by atoms with Crippen LogP contribution in [0.25, 0.3) is 23.0 Å². The maximum absolute atomic E-state index is 10.6. The largest absolute Gasteiger partial charge is 0.507 e. The lowest BCUT2D eigenvalue weighted by atomic mass is 9.97. The van der Waals surface area contributed by atoms with E-state index in [4.69, 9.17) is 0 Å². The summed E-state index contributed by atoms with van der Waals surface area (Å²) < 4.78 is 1.85. The minimum atomic E-state index is 0.175. The Morgan fingerprint density at radius 2 is 2.13 bits per heavy atom. The SMILES string of the molecule is Oc1cc(-n2ccnc2)ccc1-c1cc2c(nn1)N([C@@H]1CC3=CCC(C1)N3)CC=C2. The Kier molecular flexibility index (Phi) is 3.87. The van der Waals surface area contributed by atoms with Crippen LogP contribution in [0.1, 0.15) is 24.8 Å². The Hall–Kier alpha value is -3.61. The predicted octanol–water partition coefficient (Wildman–Crippen LogP) is 3.28. The number of benzene rings is 1. The van der Waals surface area contributed by atoms with E-state index in [0.29, 0.717) is 23.3 Å². The zero-order valence-corrected chi connectivity index (χ0v) is 16.4. The molecule has 1 unspecified atom stereocenters. The fourth-order valence-electron chi connectivity index (χ4n) is 4.75. The number of fused-ring (bicyclic) bond motifs is 3. The minimum Gasteiger partial charge on any atom is -0.507 e. The minimum absolute atomic E-state index is 0.175. The smallest absolute Gasteiger partial charge is 0.159 e. The standard InChI is InChI=1S/C23H22N6O/c30-22-13-18(28-9-7-24-14-28)5-6-20(22)21-10-15-2-1-8-29(23(15)27-26-21)19-11-16-3-4-17(12-19)25-16/h1-3,5-7,9-10,13-14,17,19,25,30H,4,8,11-12H2/t17?,19-/m1/s1. The Balaban J connectivity index is 1.32. The number of nitrogens with one attached hydrogen (secondary N) is 1. The van der Waals surface area contributed by atoms with Crippen molar-refractivity contribution in [2.45, 2.75) is 31.3 Å². The van der Waals surface area contributed by atoms with Crippen LogP contribution in [0.15, 0.2) is 60.8 Å². The molecule has 3 aromatic rings. The van der Waals surface area contributed by atoms with E-state index < -0.39 is 0 Å². The summed E-state index contributed by atoms with van der Waals surface area (Å²) in [6.07, 6.45) is 15.2. The molecule has 0 spiro atoms. The molecule has 7 nitrogen and oxygen atoms in total. The topological polar surface area (TPSA) is 79.1 Å². The molecule has 2 bridgehead atoms. The molecule has 0 amide bonds. The highest BCUT2D eigenvalue weighted by Crippen LogP contribution is 2.36.